The van der Waals surface area contributed by atoms with Gasteiger partial charge < -0.3 is 4.90 Å². The van der Waals surface area contributed by atoms with Crippen molar-refractivity contribution < 1.29 is 8.42 Å². The lowest BCUT2D eigenvalue weighted by Crippen LogP contribution is -2.28. The highest BCUT2D eigenvalue weighted by molar-refractivity contribution is 7.89. The van der Waals surface area contributed by atoms with E-state index in [2.05, 4.69) is 20.9 Å². The van der Waals surface area contributed by atoms with Crippen LogP contribution in [0.2, 0.25) is 0 Å². The van der Waals surface area contributed by atoms with E-state index in [0.29, 0.717) is 0 Å². The SMILES string of the molecule is Cc1ccc(S(=O)(=O)N/N=C\c2ccc(N3CCCCC3)s2)cc1. The third-order valence-electron chi connectivity index (χ3n) is 3.98. The minimum absolute atomic E-state index is 0.213. The van der Waals surface area contributed by atoms with Crippen LogP contribution in [-0.4, -0.2) is 27.7 Å². The highest BCUT2D eigenvalue weighted by atomic mass is 32.2. The minimum Gasteiger partial charge on any atom is -0.363 e. The largest absolute Gasteiger partial charge is 0.363 e. The molecule has 128 valence electrons. The van der Waals surface area contributed by atoms with Crippen molar-refractivity contribution in [3.05, 3.63) is 46.8 Å². The average Bonchev–Trinajstić information content (AvgIpc) is 3.05. The van der Waals surface area contributed by atoms with Crippen molar-refractivity contribution in [1.82, 2.24) is 4.83 Å². The number of benzene rings is 1. The number of aryl methyl sites for hydroxylation is 1. The van der Waals surface area contributed by atoms with Crippen molar-refractivity contribution in [2.45, 2.75) is 31.1 Å². The first-order valence-electron chi connectivity index (χ1n) is 8.01. The first-order valence-corrected chi connectivity index (χ1v) is 10.3. The maximum Gasteiger partial charge on any atom is 0.276 e. The molecular formula is C17H21N3O2S2. The van der Waals surface area contributed by atoms with Crippen LogP contribution < -0.4 is 9.73 Å². The molecular weight excluding hydrogens is 342 g/mol. The van der Waals surface area contributed by atoms with E-state index in [1.54, 1.807) is 41.8 Å². The van der Waals surface area contributed by atoms with E-state index in [9.17, 15) is 8.42 Å². The zero-order chi connectivity index (χ0) is 17.0. The van der Waals surface area contributed by atoms with Gasteiger partial charge in [0.2, 0.25) is 0 Å². The molecule has 0 atom stereocenters. The molecule has 0 bridgehead atoms. The van der Waals surface area contributed by atoms with Gasteiger partial charge in [-0.2, -0.15) is 13.5 Å². The maximum absolute atomic E-state index is 12.2. The lowest BCUT2D eigenvalue weighted by Gasteiger charge is -2.27. The summed E-state index contributed by atoms with van der Waals surface area (Å²) < 4.78 is 24.3. The van der Waals surface area contributed by atoms with Gasteiger partial charge in [0.05, 0.1) is 16.1 Å². The molecule has 0 amide bonds. The predicted octanol–water partition coefficient (Wildman–Crippen LogP) is 3.36. The summed E-state index contributed by atoms with van der Waals surface area (Å²) >= 11 is 1.63. The molecule has 7 heteroatoms. The molecule has 5 nitrogen and oxygen atoms in total. The first-order chi connectivity index (χ1) is 11.5. The van der Waals surface area contributed by atoms with E-state index in [-0.39, 0.29) is 4.90 Å². The van der Waals surface area contributed by atoms with Crippen molar-refractivity contribution in [2.75, 3.05) is 18.0 Å². The van der Waals surface area contributed by atoms with Crippen molar-refractivity contribution in [2.24, 2.45) is 5.10 Å². The number of hydrogen-bond donors (Lipinski definition) is 1. The first kappa shape index (κ1) is 17.0. The molecule has 0 aliphatic carbocycles. The average molecular weight is 364 g/mol. The third kappa shape index (κ3) is 4.15. The lowest BCUT2D eigenvalue weighted by molar-refractivity contribution is 0.580. The fourth-order valence-corrected chi connectivity index (χ4v) is 4.35. The van der Waals surface area contributed by atoms with Crippen molar-refractivity contribution in [3.63, 3.8) is 0 Å². The Kier molecular flexibility index (Phi) is 5.20. The van der Waals surface area contributed by atoms with Crippen molar-refractivity contribution in [3.8, 4) is 0 Å². The molecule has 1 N–H and O–H groups in total. The van der Waals surface area contributed by atoms with E-state index in [1.807, 2.05) is 13.0 Å². The molecule has 1 aromatic heterocycles. The van der Waals surface area contributed by atoms with Crippen molar-refractivity contribution in [1.29, 1.82) is 0 Å². The number of piperidine rings is 1. The fourth-order valence-electron chi connectivity index (χ4n) is 2.63. The monoisotopic (exact) mass is 363 g/mol. The quantitative estimate of drug-likeness (QED) is 0.654. The van der Waals surface area contributed by atoms with Crippen LogP contribution in [0, 0.1) is 6.92 Å². The number of hydrogen-bond acceptors (Lipinski definition) is 5. The molecule has 1 aliphatic rings. The molecule has 24 heavy (non-hydrogen) atoms. The van der Waals surface area contributed by atoms with Crippen molar-refractivity contribution >= 4 is 32.6 Å². The maximum atomic E-state index is 12.2. The Balaban J connectivity index is 1.63. The molecule has 1 aromatic carbocycles. The molecule has 0 radical (unpaired) electrons. The van der Waals surface area contributed by atoms with Gasteiger partial charge in [0.1, 0.15) is 0 Å². The molecule has 1 fully saturated rings. The van der Waals surface area contributed by atoms with Crippen LogP contribution in [0.5, 0.6) is 0 Å². The molecule has 0 unspecified atom stereocenters. The summed E-state index contributed by atoms with van der Waals surface area (Å²) in [7, 11) is -3.61. The van der Waals surface area contributed by atoms with E-state index in [4.69, 9.17) is 0 Å². The summed E-state index contributed by atoms with van der Waals surface area (Å²) in [4.78, 5) is 5.79. The zero-order valence-corrected chi connectivity index (χ0v) is 15.2. The molecule has 2 heterocycles. The minimum atomic E-state index is -3.61. The summed E-state index contributed by atoms with van der Waals surface area (Å²) in [6.45, 7) is 4.10. The van der Waals surface area contributed by atoms with Gasteiger partial charge in [0.15, 0.2) is 0 Å². The highest BCUT2D eigenvalue weighted by Gasteiger charge is 2.13. The molecule has 0 spiro atoms. The lowest BCUT2D eigenvalue weighted by atomic mass is 10.1. The molecule has 1 saturated heterocycles. The Morgan fingerprint density at radius 2 is 1.79 bits per heavy atom. The number of sulfonamides is 1. The van der Waals surface area contributed by atoms with Crippen LogP contribution in [-0.2, 0) is 10.0 Å². The summed E-state index contributed by atoms with van der Waals surface area (Å²) in [5.41, 5.74) is 1.02. The van der Waals surface area contributed by atoms with Crippen LogP contribution in [0.4, 0.5) is 5.00 Å². The van der Waals surface area contributed by atoms with Crippen LogP contribution >= 0.6 is 11.3 Å². The van der Waals surface area contributed by atoms with Gasteiger partial charge in [-0.25, -0.2) is 4.83 Å². The van der Waals surface area contributed by atoms with Crippen LogP contribution in [0.25, 0.3) is 0 Å². The molecule has 3 rings (SSSR count). The summed E-state index contributed by atoms with van der Waals surface area (Å²) in [6, 6.07) is 10.7. The predicted molar refractivity (Wildman–Crippen MR) is 99.5 cm³/mol. The van der Waals surface area contributed by atoms with Crippen LogP contribution in [0.1, 0.15) is 29.7 Å². The fraction of sp³-hybridized carbons (Fsp3) is 0.353. The molecule has 2 aromatic rings. The number of nitrogens with zero attached hydrogens (tertiary/aromatic N) is 2. The Hall–Kier alpha value is -1.86. The van der Waals surface area contributed by atoms with E-state index in [1.165, 1.54) is 24.3 Å². The van der Waals surface area contributed by atoms with Crippen LogP contribution in [0.3, 0.4) is 0 Å². The normalized spacial score (nSPS) is 15.8. The summed E-state index contributed by atoms with van der Waals surface area (Å²) in [5, 5.41) is 5.12. The Bertz CT molecular complexity index is 805. The zero-order valence-electron chi connectivity index (χ0n) is 13.6. The van der Waals surface area contributed by atoms with Gasteiger partial charge in [-0.05, 0) is 50.5 Å². The van der Waals surface area contributed by atoms with Gasteiger partial charge >= 0.3 is 0 Å². The Morgan fingerprint density at radius 1 is 1.08 bits per heavy atom. The summed E-state index contributed by atoms with van der Waals surface area (Å²) in [6.07, 6.45) is 5.33. The standard InChI is InChI=1S/C17H21N3O2S2/c1-14-5-8-16(9-6-14)24(21,22)19-18-13-15-7-10-17(23-15)20-11-3-2-4-12-20/h5-10,13,19H,2-4,11-12H2,1H3/b18-13-. The van der Waals surface area contributed by atoms with Gasteiger partial charge in [0, 0.05) is 18.0 Å². The number of rotatable bonds is 5. The second kappa shape index (κ2) is 7.36. The number of hydrazone groups is 1. The summed E-state index contributed by atoms with van der Waals surface area (Å²) in [5.74, 6) is 0. The molecule has 0 saturated carbocycles. The topological polar surface area (TPSA) is 61.8 Å². The highest BCUT2D eigenvalue weighted by Crippen LogP contribution is 2.27. The second-order valence-electron chi connectivity index (χ2n) is 5.89. The van der Waals surface area contributed by atoms with E-state index in [0.717, 1.165) is 23.5 Å². The smallest absolute Gasteiger partial charge is 0.276 e. The number of nitrogens with one attached hydrogen (secondary N) is 1. The van der Waals surface area contributed by atoms with E-state index >= 15 is 0 Å². The second-order valence-corrected chi connectivity index (χ2v) is 8.64. The van der Waals surface area contributed by atoms with Crippen LogP contribution in [0.15, 0.2) is 46.4 Å². The van der Waals surface area contributed by atoms with Gasteiger partial charge in [-0.15, -0.1) is 11.3 Å². The molecule has 1 aliphatic heterocycles. The third-order valence-corrected chi connectivity index (χ3v) is 6.30. The number of thiophene rings is 1. The Morgan fingerprint density at radius 3 is 2.50 bits per heavy atom. The van der Waals surface area contributed by atoms with Gasteiger partial charge in [-0.3, -0.25) is 0 Å². The van der Waals surface area contributed by atoms with Gasteiger partial charge in [0.25, 0.3) is 10.0 Å². The number of anilines is 1. The van der Waals surface area contributed by atoms with E-state index < -0.39 is 10.0 Å². The van der Waals surface area contributed by atoms with Gasteiger partial charge in [-0.1, -0.05) is 17.7 Å². The Labute approximate surface area is 147 Å².